The van der Waals surface area contributed by atoms with Gasteiger partial charge in [-0.15, -0.1) is 0 Å². The van der Waals surface area contributed by atoms with E-state index in [2.05, 4.69) is 31.9 Å². The number of nitrogens with zero attached hydrogens (tertiary/aromatic N) is 1. The molecule has 1 aliphatic rings. The van der Waals surface area contributed by atoms with Crippen LogP contribution in [0.5, 0.6) is 0 Å². The second-order valence-corrected chi connectivity index (χ2v) is 3.52. The molecule has 1 aliphatic heterocycles. The second kappa shape index (κ2) is 3.80. The largest absolute Gasteiger partial charge is 0.378 e. The quantitative estimate of drug-likeness (QED) is 0.589. The molecule has 0 aromatic heterocycles. The van der Waals surface area contributed by atoms with E-state index in [9.17, 15) is 0 Å². The zero-order valence-corrected chi connectivity index (χ0v) is 7.93. The maximum absolute atomic E-state index is 2.39. The van der Waals surface area contributed by atoms with Gasteiger partial charge in [0.05, 0.1) is 0 Å². The summed E-state index contributed by atoms with van der Waals surface area (Å²) in [5.41, 5.74) is 1.53. The molecule has 1 saturated heterocycles. The zero-order valence-electron chi connectivity index (χ0n) is 7.93. The molecule has 1 heterocycles. The summed E-state index contributed by atoms with van der Waals surface area (Å²) in [5, 5.41) is 0. The van der Waals surface area contributed by atoms with E-state index in [1.807, 2.05) is 0 Å². The van der Waals surface area contributed by atoms with Crippen LogP contribution in [0.3, 0.4) is 0 Å². The van der Waals surface area contributed by atoms with Crippen LogP contribution in [-0.4, -0.2) is 18.5 Å². The van der Waals surface area contributed by atoms with E-state index in [1.54, 1.807) is 0 Å². The zero-order chi connectivity index (χ0) is 8.27. The van der Waals surface area contributed by atoms with Gasteiger partial charge in [0.15, 0.2) is 0 Å². The summed E-state index contributed by atoms with van der Waals surface area (Å²) in [6, 6.07) is 0. The Labute approximate surface area is 70.1 Å². The van der Waals surface area contributed by atoms with Crippen LogP contribution in [0.4, 0.5) is 0 Å². The van der Waals surface area contributed by atoms with Gasteiger partial charge in [0.1, 0.15) is 0 Å². The second-order valence-electron chi connectivity index (χ2n) is 3.52. The number of rotatable bonds is 2. The molecule has 0 amide bonds. The van der Waals surface area contributed by atoms with Crippen LogP contribution in [0.15, 0.2) is 11.8 Å². The summed E-state index contributed by atoms with van der Waals surface area (Å²) in [6.07, 6.45) is 6.27. The van der Waals surface area contributed by atoms with Gasteiger partial charge >= 0.3 is 0 Å². The Morgan fingerprint density at radius 2 is 2.36 bits per heavy atom. The highest BCUT2D eigenvalue weighted by molar-refractivity contribution is 5.05. The maximum atomic E-state index is 2.39. The molecule has 0 aliphatic carbocycles. The molecule has 1 rings (SSSR count). The van der Waals surface area contributed by atoms with E-state index in [1.165, 1.54) is 31.5 Å². The van der Waals surface area contributed by atoms with Crippen LogP contribution in [0.2, 0.25) is 0 Å². The molecule has 11 heavy (non-hydrogen) atoms. The third kappa shape index (κ3) is 1.98. The highest BCUT2D eigenvalue weighted by Crippen LogP contribution is 2.27. The van der Waals surface area contributed by atoms with Crippen molar-refractivity contribution in [1.29, 1.82) is 0 Å². The normalized spacial score (nSPS) is 28.5. The number of allylic oxidation sites excluding steroid dienone is 2. The lowest BCUT2D eigenvalue weighted by atomic mass is 10.0. The molecule has 0 N–H and O–H groups in total. The average Bonchev–Trinajstić information content (AvgIpc) is 2.32. The Hall–Kier alpha value is -0.460. The van der Waals surface area contributed by atoms with E-state index in [0.717, 1.165) is 5.92 Å². The minimum absolute atomic E-state index is 0.927. The van der Waals surface area contributed by atoms with Gasteiger partial charge in [0, 0.05) is 19.3 Å². The number of hydrogen-bond acceptors (Lipinski definition) is 1. The van der Waals surface area contributed by atoms with Gasteiger partial charge in [-0.05, 0) is 25.7 Å². The molecule has 0 spiro atoms. The molecular weight excluding hydrogens is 134 g/mol. The first-order valence-corrected chi connectivity index (χ1v) is 4.64. The summed E-state index contributed by atoms with van der Waals surface area (Å²) >= 11 is 0. The van der Waals surface area contributed by atoms with Crippen molar-refractivity contribution in [1.82, 2.24) is 4.90 Å². The summed E-state index contributed by atoms with van der Waals surface area (Å²) in [7, 11) is 2.20. The Morgan fingerprint density at radius 3 is 2.82 bits per heavy atom. The fraction of sp³-hybridized carbons (Fsp3) is 0.800. The SMILES string of the molecule is C/C=C1/CC(CCC)CN1C. The van der Waals surface area contributed by atoms with Gasteiger partial charge in [-0.1, -0.05) is 19.4 Å². The summed E-state index contributed by atoms with van der Waals surface area (Å²) < 4.78 is 0. The standard InChI is InChI=1S/C10H19N/c1-4-6-9-7-10(5-2)11(3)8-9/h5,9H,4,6-8H2,1-3H3/b10-5-. The van der Waals surface area contributed by atoms with Crippen molar-refractivity contribution in [2.75, 3.05) is 13.6 Å². The minimum Gasteiger partial charge on any atom is -0.378 e. The van der Waals surface area contributed by atoms with Crippen molar-refractivity contribution >= 4 is 0 Å². The van der Waals surface area contributed by atoms with Crippen LogP contribution >= 0.6 is 0 Å². The van der Waals surface area contributed by atoms with Crippen molar-refractivity contribution in [3.63, 3.8) is 0 Å². The molecule has 64 valence electrons. The van der Waals surface area contributed by atoms with Crippen molar-refractivity contribution in [3.05, 3.63) is 11.8 Å². The molecule has 1 nitrogen and oxygen atoms in total. The smallest absolute Gasteiger partial charge is 0.0203 e. The molecule has 1 unspecified atom stereocenters. The Kier molecular flexibility index (Phi) is 2.98. The van der Waals surface area contributed by atoms with Gasteiger partial charge in [-0.3, -0.25) is 0 Å². The first-order chi connectivity index (χ1) is 5.27. The lowest BCUT2D eigenvalue weighted by molar-refractivity contribution is 0.415. The van der Waals surface area contributed by atoms with E-state index in [-0.39, 0.29) is 0 Å². The number of likely N-dealkylation sites (tertiary alicyclic amines) is 1. The fourth-order valence-corrected chi connectivity index (χ4v) is 1.96. The molecule has 1 fully saturated rings. The highest BCUT2D eigenvalue weighted by atomic mass is 15.1. The van der Waals surface area contributed by atoms with E-state index in [4.69, 9.17) is 0 Å². The van der Waals surface area contributed by atoms with Crippen LogP contribution in [-0.2, 0) is 0 Å². The summed E-state index contributed by atoms with van der Waals surface area (Å²) in [5.74, 6) is 0.927. The van der Waals surface area contributed by atoms with Crippen molar-refractivity contribution in [3.8, 4) is 0 Å². The highest BCUT2D eigenvalue weighted by Gasteiger charge is 2.21. The molecule has 1 atom stereocenters. The minimum atomic E-state index is 0.927. The predicted octanol–water partition coefficient (Wildman–Crippen LogP) is 2.64. The molecule has 0 radical (unpaired) electrons. The van der Waals surface area contributed by atoms with E-state index < -0.39 is 0 Å². The van der Waals surface area contributed by atoms with Crippen LogP contribution in [0.1, 0.15) is 33.1 Å². The topological polar surface area (TPSA) is 3.24 Å². The van der Waals surface area contributed by atoms with Crippen molar-refractivity contribution in [2.24, 2.45) is 5.92 Å². The summed E-state index contributed by atoms with van der Waals surface area (Å²) in [6.45, 7) is 5.68. The van der Waals surface area contributed by atoms with Crippen LogP contribution < -0.4 is 0 Å². The van der Waals surface area contributed by atoms with Gasteiger partial charge < -0.3 is 4.90 Å². The van der Waals surface area contributed by atoms with Crippen LogP contribution in [0, 0.1) is 5.92 Å². The molecule has 1 heteroatoms. The van der Waals surface area contributed by atoms with Gasteiger partial charge in [0.2, 0.25) is 0 Å². The third-order valence-electron chi connectivity index (χ3n) is 2.55. The molecule has 0 aromatic carbocycles. The van der Waals surface area contributed by atoms with Gasteiger partial charge in [0.25, 0.3) is 0 Å². The molecule has 0 bridgehead atoms. The molecule has 0 aromatic rings. The maximum Gasteiger partial charge on any atom is 0.0203 e. The Morgan fingerprint density at radius 1 is 1.64 bits per heavy atom. The van der Waals surface area contributed by atoms with Crippen molar-refractivity contribution < 1.29 is 0 Å². The third-order valence-corrected chi connectivity index (χ3v) is 2.55. The van der Waals surface area contributed by atoms with Gasteiger partial charge in [-0.25, -0.2) is 0 Å². The van der Waals surface area contributed by atoms with E-state index in [0.29, 0.717) is 0 Å². The summed E-state index contributed by atoms with van der Waals surface area (Å²) in [4.78, 5) is 2.39. The van der Waals surface area contributed by atoms with E-state index >= 15 is 0 Å². The Balaban J connectivity index is 2.43. The lowest BCUT2D eigenvalue weighted by Gasteiger charge is -2.11. The van der Waals surface area contributed by atoms with Crippen LogP contribution in [0.25, 0.3) is 0 Å². The fourth-order valence-electron chi connectivity index (χ4n) is 1.96. The Bertz CT molecular complexity index is 149. The monoisotopic (exact) mass is 153 g/mol. The molecule has 0 saturated carbocycles. The average molecular weight is 153 g/mol. The lowest BCUT2D eigenvalue weighted by Crippen LogP contribution is -2.12. The van der Waals surface area contributed by atoms with Gasteiger partial charge in [-0.2, -0.15) is 0 Å². The predicted molar refractivity (Wildman–Crippen MR) is 49.4 cm³/mol. The first-order valence-electron chi connectivity index (χ1n) is 4.64. The molecular formula is C10H19N. The van der Waals surface area contributed by atoms with Crippen molar-refractivity contribution in [2.45, 2.75) is 33.1 Å². The first kappa shape index (κ1) is 8.63. The number of hydrogen-bond donors (Lipinski definition) is 0.